The quantitative estimate of drug-likeness (QED) is 0.326. The largest absolute Gasteiger partial charge is 0.382 e. The molecule has 0 aliphatic rings. The average molecular weight is 147 g/mol. The maximum atomic E-state index is 4.89. The molecule has 0 atom stereocenters. The molecule has 0 N–H and O–H groups in total. The van der Waals surface area contributed by atoms with E-state index in [-0.39, 0.29) is 6.73 Å². The third-order valence-electron chi connectivity index (χ3n) is 0.652. The van der Waals surface area contributed by atoms with Crippen molar-refractivity contribution in [3.05, 3.63) is 0 Å². The highest BCUT2D eigenvalue weighted by Crippen LogP contribution is 1.74. The molecule has 0 spiro atoms. The lowest BCUT2D eigenvalue weighted by Crippen LogP contribution is -2.00. The van der Waals surface area contributed by atoms with Crippen molar-refractivity contribution in [1.29, 1.82) is 0 Å². The van der Waals surface area contributed by atoms with E-state index in [9.17, 15) is 0 Å². The molecule has 0 aromatic rings. The fraction of sp³-hybridized carbons (Fsp3) is 0.800. The van der Waals surface area contributed by atoms with E-state index in [4.69, 9.17) is 9.47 Å². The van der Waals surface area contributed by atoms with Gasteiger partial charge in [-0.3, -0.25) is 0 Å². The number of thiocarbonyl (C=S) groups is 1. The molecule has 4 heteroatoms. The van der Waals surface area contributed by atoms with E-state index in [1.165, 1.54) is 0 Å². The van der Waals surface area contributed by atoms with Crippen LogP contribution in [0.25, 0.3) is 0 Å². The van der Waals surface area contributed by atoms with Crippen molar-refractivity contribution in [2.45, 2.75) is 0 Å². The molecule has 0 amide bonds. The van der Waals surface area contributed by atoms with Gasteiger partial charge >= 0.3 is 0 Å². The first-order chi connectivity index (χ1) is 4.41. The fourth-order valence-corrected chi connectivity index (χ4v) is 0.332. The minimum absolute atomic E-state index is 0.285. The Labute approximate surface area is 59.7 Å². The number of ether oxygens (including phenoxy) is 2. The Hall–Kier alpha value is -0.280. The molecule has 0 rings (SSSR count). The maximum Gasteiger partial charge on any atom is 0.147 e. The van der Waals surface area contributed by atoms with Crippen molar-refractivity contribution in [1.82, 2.24) is 0 Å². The topological polar surface area (TPSA) is 30.8 Å². The molecule has 0 heterocycles. The summed E-state index contributed by atoms with van der Waals surface area (Å²) in [4.78, 5) is 3.53. The van der Waals surface area contributed by atoms with Crippen LogP contribution < -0.4 is 0 Å². The van der Waals surface area contributed by atoms with Crippen molar-refractivity contribution in [3.8, 4) is 0 Å². The van der Waals surface area contributed by atoms with Gasteiger partial charge in [0.15, 0.2) is 0 Å². The Morgan fingerprint density at radius 1 is 1.56 bits per heavy atom. The highest BCUT2D eigenvalue weighted by atomic mass is 32.1. The second kappa shape index (κ2) is 7.72. The lowest BCUT2D eigenvalue weighted by molar-refractivity contribution is 0.0752. The zero-order valence-corrected chi connectivity index (χ0v) is 6.11. The van der Waals surface area contributed by atoms with Crippen LogP contribution in [0.15, 0.2) is 4.99 Å². The molecule has 0 aromatic heterocycles. The zero-order valence-electron chi connectivity index (χ0n) is 5.29. The summed E-state index contributed by atoms with van der Waals surface area (Å²) < 4.78 is 9.60. The molecule has 0 aromatic carbocycles. The molecular formula is C5H9NO2S. The lowest BCUT2D eigenvalue weighted by Gasteiger charge is -1.96. The van der Waals surface area contributed by atoms with Gasteiger partial charge in [-0.25, -0.2) is 4.99 Å². The summed E-state index contributed by atoms with van der Waals surface area (Å²) in [6.07, 6.45) is 0. The molecule has 0 fully saturated rings. The first-order valence-electron chi connectivity index (χ1n) is 2.52. The predicted octanol–water partition coefficient (Wildman–Crippen LogP) is 0.710. The van der Waals surface area contributed by atoms with Crippen LogP contribution in [0.2, 0.25) is 0 Å². The van der Waals surface area contributed by atoms with Crippen molar-refractivity contribution in [2.24, 2.45) is 4.99 Å². The van der Waals surface area contributed by atoms with Crippen LogP contribution in [0.5, 0.6) is 0 Å². The highest BCUT2D eigenvalue weighted by Gasteiger charge is 1.80. The van der Waals surface area contributed by atoms with Gasteiger partial charge in [0.1, 0.15) is 6.73 Å². The van der Waals surface area contributed by atoms with Gasteiger partial charge in [-0.15, -0.1) is 0 Å². The van der Waals surface area contributed by atoms with Crippen LogP contribution >= 0.6 is 12.2 Å². The molecule has 0 saturated heterocycles. The van der Waals surface area contributed by atoms with Crippen LogP contribution in [-0.2, 0) is 9.47 Å². The number of nitrogens with zero attached hydrogens (tertiary/aromatic N) is 1. The number of rotatable bonds is 5. The summed E-state index contributed by atoms with van der Waals surface area (Å²) >= 11 is 4.30. The average Bonchev–Trinajstić information content (AvgIpc) is 1.89. The Bertz CT molecular complexity index is 101. The zero-order chi connectivity index (χ0) is 6.95. The van der Waals surface area contributed by atoms with Crippen LogP contribution in [0.4, 0.5) is 0 Å². The standard InChI is InChI=1S/C5H9NO2S/c1-7-2-3-8-4-6-5-9/h2-4H2,1H3. The van der Waals surface area contributed by atoms with Crippen LogP contribution in [-0.4, -0.2) is 32.2 Å². The number of methoxy groups -OCH3 is 1. The molecular weight excluding hydrogens is 138 g/mol. The van der Waals surface area contributed by atoms with Gasteiger partial charge in [0.05, 0.1) is 18.4 Å². The van der Waals surface area contributed by atoms with Crippen molar-refractivity contribution in [2.75, 3.05) is 27.1 Å². The summed E-state index contributed by atoms with van der Waals surface area (Å²) in [7, 11) is 1.62. The van der Waals surface area contributed by atoms with E-state index in [0.29, 0.717) is 13.2 Å². The number of hydrogen-bond donors (Lipinski definition) is 0. The van der Waals surface area contributed by atoms with Crippen molar-refractivity contribution in [3.63, 3.8) is 0 Å². The van der Waals surface area contributed by atoms with Crippen LogP contribution in [0.1, 0.15) is 0 Å². The predicted molar refractivity (Wildman–Crippen MR) is 37.7 cm³/mol. The Balaban J connectivity index is 2.82. The van der Waals surface area contributed by atoms with Crippen LogP contribution in [0, 0.1) is 0 Å². The Morgan fingerprint density at radius 3 is 2.89 bits per heavy atom. The Kier molecular flexibility index (Phi) is 7.48. The first-order valence-corrected chi connectivity index (χ1v) is 2.93. The van der Waals surface area contributed by atoms with E-state index in [1.807, 2.05) is 0 Å². The van der Waals surface area contributed by atoms with Gasteiger partial charge < -0.3 is 9.47 Å². The summed E-state index contributed by atoms with van der Waals surface area (Å²) in [5, 5.41) is 2.19. The summed E-state index contributed by atoms with van der Waals surface area (Å²) in [6, 6.07) is 0. The van der Waals surface area contributed by atoms with E-state index < -0.39 is 0 Å². The first kappa shape index (κ1) is 8.72. The molecule has 0 radical (unpaired) electrons. The molecule has 0 unspecified atom stereocenters. The molecule has 0 saturated carbocycles. The number of aliphatic imine (C=N–C) groups is 1. The van der Waals surface area contributed by atoms with E-state index in [2.05, 4.69) is 22.4 Å². The minimum Gasteiger partial charge on any atom is -0.382 e. The normalized spacial score (nSPS) is 8.56. The lowest BCUT2D eigenvalue weighted by atomic mass is 10.8. The van der Waals surface area contributed by atoms with E-state index >= 15 is 0 Å². The number of hydrogen-bond acceptors (Lipinski definition) is 4. The molecule has 52 valence electrons. The summed E-state index contributed by atoms with van der Waals surface area (Å²) in [5.41, 5.74) is 0. The second-order valence-corrected chi connectivity index (χ2v) is 1.46. The third-order valence-corrected chi connectivity index (χ3v) is 0.781. The van der Waals surface area contributed by atoms with Gasteiger partial charge in [-0.05, 0) is 12.2 Å². The second-order valence-electron chi connectivity index (χ2n) is 1.28. The van der Waals surface area contributed by atoms with E-state index in [0.717, 1.165) is 0 Å². The van der Waals surface area contributed by atoms with E-state index in [1.54, 1.807) is 7.11 Å². The molecule has 9 heavy (non-hydrogen) atoms. The molecule has 0 bridgehead atoms. The molecule has 3 nitrogen and oxygen atoms in total. The van der Waals surface area contributed by atoms with Crippen LogP contribution in [0.3, 0.4) is 0 Å². The Morgan fingerprint density at radius 2 is 2.33 bits per heavy atom. The summed E-state index contributed by atoms with van der Waals surface area (Å²) in [5.74, 6) is 0. The van der Waals surface area contributed by atoms with Crippen molar-refractivity contribution >= 4 is 17.4 Å². The number of isothiocyanates is 1. The van der Waals surface area contributed by atoms with Gasteiger partial charge in [-0.1, -0.05) is 0 Å². The summed E-state index contributed by atoms with van der Waals surface area (Å²) in [6.45, 7) is 1.43. The molecule has 0 aliphatic heterocycles. The maximum absolute atomic E-state index is 4.89. The monoisotopic (exact) mass is 147 g/mol. The fourth-order valence-electron chi connectivity index (χ4n) is 0.279. The van der Waals surface area contributed by atoms with Gasteiger partial charge in [0.2, 0.25) is 0 Å². The van der Waals surface area contributed by atoms with Gasteiger partial charge in [-0.2, -0.15) is 0 Å². The third kappa shape index (κ3) is 7.72. The smallest absolute Gasteiger partial charge is 0.147 e. The van der Waals surface area contributed by atoms with Gasteiger partial charge in [0.25, 0.3) is 0 Å². The highest BCUT2D eigenvalue weighted by molar-refractivity contribution is 7.78. The SMILES string of the molecule is COCCOCN=C=S. The molecule has 0 aliphatic carbocycles. The van der Waals surface area contributed by atoms with Crippen molar-refractivity contribution < 1.29 is 9.47 Å². The minimum atomic E-state index is 0.285. The van der Waals surface area contributed by atoms with Gasteiger partial charge in [0, 0.05) is 7.11 Å².